The Morgan fingerprint density at radius 3 is 2.04 bits per heavy atom. The predicted octanol–water partition coefficient (Wildman–Crippen LogP) is 4.00. The maximum absolute atomic E-state index is 15.2. The molecule has 10 atom stereocenters. The van der Waals surface area contributed by atoms with Crippen LogP contribution >= 0.6 is 21.6 Å². The molecule has 2 aliphatic rings. The van der Waals surface area contributed by atoms with Gasteiger partial charge in [0.05, 0.1) is 18.2 Å². The van der Waals surface area contributed by atoms with Crippen LogP contribution in [-0.4, -0.2) is 169 Å². The summed E-state index contributed by atoms with van der Waals surface area (Å²) < 4.78 is 10.9. The number of carbonyl (C=O) groups is 10. The normalized spacial score (nSPS) is 21.3. The van der Waals surface area contributed by atoms with Crippen LogP contribution in [0.5, 0.6) is 5.75 Å². The van der Waals surface area contributed by atoms with E-state index >= 15 is 14.4 Å². The van der Waals surface area contributed by atoms with Gasteiger partial charge in [0.1, 0.15) is 47.2 Å². The Balaban J connectivity index is 1.43. The van der Waals surface area contributed by atoms with E-state index in [1.165, 1.54) is 19.1 Å². The van der Waals surface area contributed by atoms with Crippen molar-refractivity contribution in [3.8, 4) is 5.75 Å². The second kappa shape index (κ2) is 32.6. The van der Waals surface area contributed by atoms with Gasteiger partial charge in [0.15, 0.2) is 11.8 Å². The quantitative estimate of drug-likeness (QED) is 0.0466. The van der Waals surface area contributed by atoms with Crippen LogP contribution in [0.25, 0.3) is 16.5 Å². The first-order valence-electron chi connectivity index (χ1n) is 29.7. The smallest absolute Gasteiger partial charge is 0.408 e. The first-order valence-corrected chi connectivity index (χ1v) is 32.2. The summed E-state index contributed by atoms with van der Waals surface area (Å²) in [6, 6.07) is 9.41. The molecule has 0 radical (unpaired) electrons. The van der Waals surface area contributed by atoms with Crippen LogP contribution in [0.1, 0.15) is 110 Å². The summed E-state index contributed by atoms with van der Waals surface area (Å²) in [5.74, 6) is -10.1. The van der Waals surface area contributed by atoms with Gasteiger partial charge in [0.25, 0.3) is 0 Å². The van der Waals surface area contributed by atoms with Gasteiger partial charge in [-0.25, -0.2) is 14.4 Å². The van der Waals surface area contributed by atoms with Gasteiger partial charge in [-0.3, -0.25) is 33.6 Å². The van der Waals surface area contributed by atoms with Gasteiger partial charge in [-0.05, 0) is 134 Å². The van der Waals surface area contributed by atoms with Gasteiger partial charge in [-0.15, -0.1) is 0 Å². The molecule has 3 aromatic carbocycles. The van der Waals surface area contributed by atoms with E-state index in [1.54, 1.807) is 65.9 Å². The molecule has 27 heteroatoms. The molecule has 0 bridgehead atoms. The number of amides is 8. The van der Waals surface area contributed by atoms with Crippen LogP contribution in [0.4, 0.5) is 9.59 Å². The number of alkyl carbamates (subject to hydrolysis) is 2. The first kappa shape index (κ1) is 70.9. The maximum Gasteiger partial charge on any atom is 0.408 e. The molecule has 8 amide bonds. The van der Waals surface area contributed by atoms with Gasteiger partial charge >= 0.3 is 18.2 Å². The van der Waals surface area contributed by atoms with Crippen molar-refractivity contribution >= 4 is 97.4 Å². The molecule has 0 unspecified atom stereocenters. The number of aliphatic hydroxyl groups excluding tert-OH is 2. The fraction of sp³-hybridized carbons (Fsp3) is 0.492. The molecule has 4 aromatic rings. The number of aromatic amines is 1. The number of allylic oxidation sites excluding steroid dienone is 1. The minimum Gasteiger partial charge on any atom is -0.508 e. The summed E-state index contributed by atoms with van der Waals surface area (Å²) in [4.78, 5) is 145. The summed E-state index contributed by atoms with van der Waals surface area (Å²) in [7, 11) is 1.81. The number of aliphatic carboxylic acids is 1. The third-order valence-electron chi connectivity index (χ3n) is 14.6. The molecule has 6 rings (SSSR count). The van der Waals surface area contributed by atoms with E-state index in [-0.39, 0.29) is 56.6 Å². The molecule has 0 spiro atoms. The van der Waals surface area contributed by atoms with Gasteiger partial charge in [0, 0.05) is 60.3 Å². The number of benzene rings is 3. The van der Waals surface area contributed by atoms with E-state index in [4.69, 9.17) is 9.47 Å². The molecule has 1 aliphatic carbocycles. The fourth-order valence-electron chi connectivity index (χ4n) is 9.99. The highest BCUT2D eigenvalue weighted by Gasteiger charge is 2.38. The number of hydrogen-bond acceptors (Lipinski definition) is 17. The Labute approximate surface area is 529 Å². The number of hydrogen-bond donors (Lipinski definition) is 13. The zero-order valence-electron chi connectivity index (χ0n) is 51.6. The number of unbranched alkanes of at least 4 members (excludes halogenated alkanes) is 1. The Kier molecular flexibility index (Phi) is 25.7. The largest absolute Gasteiger partial charge is 0.508 e. The topological polar surface area (TPSA) is 382 Å². The summed E-state index contributed by atoms with van der Waals surface area (Å²) in [5, 5.41) is 63.3. The molecular weight excluding hydrogens is 1200 g/mol. The number of Topliss-reactive ketones (excluding diaryl/α,β-unsaturated/α-hetero) is 1. The highest BCUT2D eigenvalue weighted by Crippen LogP contribution is 2.32. The van der Waals surface area contributed by atoms with Crippen LogP contribution < -0.4 is 42.5 Å². The molecule has 2 heterocycles. The Hall–Kier alpha value is -8.14. The van der Waals surface area contributed by atoms with Crippen molar-refractivity contribution in [2.24, 2.45) is 5.92 Å². The second-order valence-corrected chi connectivity index (χ2v) is 26.9. The van der Waals surface area contributed by atoms with Gasteiger partial charge in [-0.2, -0.15) is 0 Å². The summed E-state index contributed by atoms with van der Waals surface area (Å²) in [6.07, 6.45) is -1.56. The number of rotatable bonds is 19. The number of carboxylic acid groups (broad SMARTS) is 1. The number of fused-ring (bicyclic) bond motifs is 2. The van der Waals surface area contributed by atoms with Gasteiger partial charge in [0.2, 0.25) is 35.4 Å². The number of H-pyrrole nitrogens is 1. The Morgan fingerprint density at radius 1 is 0.722 bits per heavy atom. The lowest BCUT2D eigenvalue weighted by Gasteiger charge is -2.29. The van der Waals surface area contributed by atoms with Crippen molar-refractivity contribution in [3.05, 3.63) is 107 Å². The highest BCUT2D eigenvalue weighted by molar-refractivity contribution is 8.76. The zero-order chi connectivity index (χ0) is 66.0. The predicted molar refractivity (Wildman–Crippen MR) is 338 cm³/mol. The number of ether oxygens (including phenoxy) is 2. The fourth-order valence-corrected chi connectivity index (χ4v) is 12.4. The molecule has 0 saturated carbocycles. The summed E-state index contributed by atoms with van der Waals surface area (Å²) >= 11 is 0. The number of phenols is 1. The van der Waals surface area contributed by atoms with Crippen LogP contribution in [-0.2, 0) is 67.1 Å². The number of carbonyl (C=O) groups excluding carboxylic acids is 9. The average Bonchev–Trinajstić information content (AvgIpc) is 2.62. The molecular formula is C63H83N9O16S2. The number of phenolic OH excluding ortho intramolecular Hbond substituents is 1. The lowest BCUT2D eigenvalue weighted by atomic mass is 9.90. The lowest BCUT2D eigenvalue weighted by molar-refractivity contribution is -0.145. The maximum atomic E-state index is 15.2. The van der Waals surface area contributed by atoms with E-state index in [0.29, 0.717) is 23.1 Å². The third kappa shape index (κ3) is 21.8. The number of aliphatic hydroxyl groups is 2. The molecule has 1 aromatic heterocycles. The zero-order valence-corrected chi connectivity index (χ0v) is 53.3. The van der Waals surface area contributed by atoms with Crippen molar-refractivity contribution in [1.29, 1.82) is 0 Å². The SMILES string of the molecule is C[C@@H](O)[C@H](NC(=O)[C@@H]1CSSC[C@H](NC(=O)[C@@H](Cc2c[nH]c3ccccc23)NC(=O)OC(C)(C)C)C(=O)C[C@@H](Cc2ccc(O)cc2)C(=O)N[C@H](CC2=CCc3ccccc32)C(=O)N[C@@H](CCCCNC(=O)OC(C)(C)C)C(=O)N[C@@H]([C@@H](C)O)C(=O)N1)C(=O)O. The van der Waals surface area contributed by atoms with Crippen LogP contribution in [0.3, 0.4) is 0 Å². The van der Waals surface area contributed by atoms with Crippen molar-refractivity contribution in [3.63, 3.8) is 0 Å². The molecule has 1 aliphatic heterocycles. The molecule has 1 saturated heterocycles. The van der Waals surface area contributed by atoms with E-state index in [0.717, 1.165) is 50.5 Å². The minimum absolute atomic E-state index is 0.0833. The minimum atomic E-state index is -1.87. The summed E-state index contributed by atoms with van der Waals surface area (Å²) in [5.41, 5.74) is 2.49. The molecule has 25 nitrogen and oxygen atoms in total. The Bertz CT molecular complexity index is 3250. The van der Waals surface area contributed by atoms with Crippen molar-refractivity contribution in [2.75, 3.05) is 18.1 Å². The molecule has 90 heavy (non-hydrogen) atoms. The highest BCUT2D eigenvalue weighted by atomic mass is 33.1. The summed E-state index contributed by atoms with van der Waals surface area (Å²) in [6.45, 7) is 12.4. The van der Waals surface area contributed by atoms with Crippen LogP contribution in [0, 0.1) is 5.92 Å². The number of nitrogens with one attached hydrogen (secondary N) is 9. The van der Waals surface area contributed by atoms with E-state index in [9.17, 15) is 54.0 Å². The van der Waals surface area contributed by atoms with Gasteiger partial charge < -0.3 is 77.4 Å². The van der Waals surface area contributed by atoms with E-state index in [2.05, 4.69) is 47.5 Å². The van der Waals surface area contributed by atoms with Gasteiger partial charge in [-0.1, -0.05) is 82.3 Å². The van der Waals surface area contributed by atoms with E-state index < -0.39 is 143 Å². The Morgan fingerprint density at radius 2 is 1.37 bits per heavy atom. The molecule has 488 valence electrons. The monoisotopic (exact) mass is 1290 g/mol. The third-order valence-corrected chi connectivity index (χ3v) is 17.0. The van der Waals surface area contributed by atoms with Crippen molar-refractivity contribution < 1.29 is 77.8 Å². The number of aromatic hydroxyl groups is 1. The number of para-hydroxylation sites is 1. The lowest BCUT2D eigenvalue weighted by Crippen LogP contribution is -2.62. The molecule has 1 fully saturated rings. The number of ketones is 1. The molecule has 13 N–H and O–H groups in total. The van der Waals surface area contributed by atoms with Crippen molar-refractivity contribution in [2.45, 2.75) is 172 Å². The first-order chi connectivity index (χ1) is 42.4. The number of carboxylic acids is 1. The number of aromatic nitrogens is 1. The second-order valence-electron chi connectivity index (χ2n) is 24.3. The standard InChI is InChI=1S/C63H83N9O16S2/c1-34(73)51-58(82)69-49(57(81)72-52(35(2)74)59(83)84)33-90-89-32-48(68-56(80)47(70-61(86)88-63(6,7)8)29-40-31-65-44-18-12-11-17-43(40)44)50(76)30-39(27-36-20-24-41(75)25-21-36)53(77)67-46(28-38-23-22-37-15-9-10-16-42(37)38)55(79)66-45(54(78)71-51)19-13-14-26-64-60(85)87-62(3,4)5/h9-12,15-18,20-21,23-25,31,34-35,39,45-49,51-52,65,73-75H,13-14,19,22,26-30,32-33H2,1-8H3,(H,64,85)(H,66,79)(H,67,77)(H,68,80)(H,69,82)(H,70,86)(H,71,78)(H,72,81)(H,83,84)/t34-,35-,39-,45+,46-,47-,48+,49+,51+,52+/m1/s1. The van der Waals surface area contributed by atoms with E-state index in [1.807, 2.05) is 48.5 Å². The van der Waals surface area contributed by atoms with Crippen LogP contribution in [0.2, 0.25) is 0 Å². The average molecular weight is 1290 g/mol. The van der Waals surface area contributed by atoms with Crippen LogP contribution in [0.15, 0.2) is 85.1 Å². The van der Waals surface area contributed by atoms with Crippen molar-refractivity contribution in [1.82, 2.24) is 47.5 Å².